The first kappa shape index (κ1) is 16.5. The van der Waals surface area contributed by atoms with Crippen molar-refractivity contribution in [3.05, 3.63) is 29.8 Å². The Morgan fingerprint density at radius 2 is 2.05 bits per heavy atom. The number of rotatable bonds is 9. The molecular weight excluding hydrogens is 254 g/mol. The molecule has 0 fully saturated rings. The monoisotopic (exact) mass is 279 g/mol. The van der Waals surface area contributed by atoms with Gasteiger partial charge >= 0.3 is 5.97 Å². The van der Waals surface area contributed by atoms with E-state index in [0.717, 1.165) is 24.2 Å². The van der Waals surface area contributed by atoms with Gasteiger partial charge in [0.2, 0.25) is 0 Å². The molecule has 0 saturated heterocycles. The Morgan fingerprint density at radius 3 is 2.65 bits per heavy atom. The van der Waals surface area contributed by atoms with Gasteiger partial charge in [0.1, 0.15) is 11.3 Å². The van der Waals surface area contributed by atoms with Crippen LogP contribution in [-0.2, 0) is 4.79 Å². The number of nitrogens with one attached hydrogen (secondary N) is 1. The van der Waals surface area contributed by atoms with E-state index in [1.165, 1.54) is 0 Å². The molecule has 2 N–H and O–H groups in total. The second kappa shape index (κ2) is 7.90. The molecule has 0 heterocycles. The molecule has 0 aliphatic carbocycles. The predicted octanol–water partition coefficient (Wildman–Crippen LogP) is 3.00. The van der Waals surface area contributed by atoms with E-state index in [-0.39, 0.29) is 0 Å². The largest absolute Gasteiger partial charge is 0.493 e. The number of hydrogen-bond acceptors (Lipinski definition) is 3. The maximum Gasteiger partial charge on any atom is 0.323 e. The molecule has 4 nitrogen and oxygen atoms in total. The zero-order valence-electron chi connectivity index (χ0n) is 12.6. The SMILES string of the molecule is CCNC(C)(CCCCOc1ccccc1C)C(=O)O. The van der Waals surface area contributed by atoms with Crippen LogP contribution in [0.15, 0.2) is 24.3 Å². The maximum absolute atomic E-state index is 11.2. The van der Waals surface area contributed by atoms with Gasteiger partial charge in [-0.25, -0.2) is 0 Å². The highest BCUT2D eigenvalue weighted by Crippen LogP contribution is 2.18. The Hall–Kier alpha value is -1.55. The predicted molar refractivity (Wildman–Crippen MR) is 80.2 cm³/mol. The van der Waals surface area contributed by atoms with Crippen molar-refractivity contribution < 1.29 is 14.6 Å². The van der Waals surface area contributed by atoms with E-state index in [1.807, 2.05) is 38.1 Å². The van der Waals surface area contributed by atoms with Crippen molar-refractivity contribution in [3.63, 3.8) is 0 Å². The van der Waals surface area contributed by atoms with Crippen LogP contribution in [0.5, 0.6) is 5.75 Å². The van der Waals surface area contributed by atoms with Crippen molar-refractivity contribution in [2.75, 3.05) is 13.2 Å². The molecule has 1 aromatic rings. The van der Waals surface area contributed by atoms with Crippen molar-refractivity contribution >= 4 is 5.97 Å². The molecule has 20 heavy (non-hydrogen) atoms. The van der Waals surface area contributed by atoms with Gasteiger partial charge in [-0.1, -0.05) is 25.1 Å². The van der Waals surface area contributed by atoms with E-state index < -0.39 is 11.5 Å². The Kier molecular flexibility index (Phi) is 6.52. The number of carboxylic acid groups (broad SMARTS) is 1. The first-order valence-corrected chi connectivity index (χ1v) is 7.16. The molecule has 1 atom stereocenters. The third-order valence-corrected chi connectivity index (χ3v) is 3.46. The summed E-state index contributed by atoms with van der Waals surface area (Å²) in [6.07, 6.45) is 2.28. The van der Waals surface area contributed by atoms with Gasteiger partial charge in [0.25, 0.3) is 0 Å². The third kappa shape index (κ3) is 4.85. The average Bonchev–Trinajstić information content (AvgIpc) is 2.40. The molecule has 0 saturated carbocycles. The first-order chi connectivity index (χ1) is 9.49. The summed E-state index contributed by atoms with van der Waals surface area (Å²) < 4.78 is 5.70. The lowest BCUT2D eigenvalue weighted by molar-refractivity contribution is -0.144. The zero-order valence-corrected chi connectivity index (χ0v) is 12.6. The van der Waals surface area contributed by atoms with Crippen LogP contribution < -0.4 is 10.1 Å². The van der Waals surface area contributed by atoms with E-state index in [2.05, 4.69) is 5.32 Å². The van der Waals surface area contributed by atoms with Gasteiger partial charge in [-0.05, 0) is 51.3 Å². The molecule has 112 valence electrons. The van der Waals surface area contributed by atoms with Gasteiger partial charge in [-0.15, -0.1) is 0 Å². The highest BCUT2D eigenvalue weighted by molar-refractivity contribution is 5.78. The molecular formula is C16H25NO3. The number of aryl methyl sites for hydroxylation is 1. The number of para-hydroxylation sites is 1. The lowest BCUT2D eigenvalue weighted by Gasteiger charge is -2.25. The summed E-state index contributed by atoms with van der Waals surface area (Å²) in [4.78, 5) is 11.2. The minimum Gasteiger partial charge on any atom is -0.493 e. The third-order valence-electron chi connectivity index (χ3n) is 3.46. The summed E-state index contributed by atoms with van der Waals surface area (Å²) in [6.45, 7) is 6.95. The van der Waals surface area contributed by atoms with Crippen molar-refractivity contribution in [1.29, 1.82) is 0 Å². The zero-order chi connectivity index (χ0) is 15.0. The molecule has 1 unspecified atom stereocenters. The lowest BCUT2D eigenvalue weighted by Crippen LogP contribution is -2.49. The van der Waals surface area contributed by atoms with E-state index >= 15 is 0 Å². The summed E-state index contributed by atoms with van der Waals surface area (Å²) in [5.41, 5.74) is 0.285. The molecule has 0 spiro atoms. The van der Waals surface area contributed by atoms with Gasteiger partial charge in [0.05, 0.1) is 6.61 Å². The number of aliphatic carboxylic acids is 1. The molecule has 0 amide bonds. The number of hydrogen-bond donors (Lipinski definition) is 2. The summed E-state index contributed by atoms with van der Waals surface area (Å²) in [6, 6.07) is 7.91. The van der Waals surface area contributed by atoms with Crippen LogP contribution in [0.25, 0.3) is 0 Å². The van der Waals surface area contributed by atoms with Crippen LogP contribution in [0.2, 0.25) is 0 Å². The normalized spacial score (nSPS) is 13.8. The summed E-state index contributed by atoms with van der Waals surface area (Å²) in [7, 11) is 0. The van der Waals surface area contributed by atoms with E-state index in [1.54, 1.807) is 6.92 Å². The van der Waals surface area contributed by atoms with Crippen LogP contribution in [0.1, 0.15) is 38.7 Å². The quantitative estimate of drug-likeness (QED) is 0.682. The molecule has 0 aliphatic heterocycles. The van der Waals surface area contributed by atoms with Crippen LogP contribution in [0.3, 0.4) is 0 Å². The molecule has 0 radical (unpaired) electrons. The van der Waals surface area contributed by atoms with Crippen LogP contribution in [-0.4, -0.2) is 29.8 Å². The summed E-state index contributed by atoms with van der Waals surface area (Å²) in [5.74, 6) is 0.111. The Labute approximate surface area is 121 Å². The second-order valence-electron chi connectivity index (χ2n) is 5.24. The van der Waals surface area contributed by atoms with Crippen molar-refractivity contribution in [3.8, 4) is 5.75 Å². The molecule has 1 aromatic carbocycles. The number of ether oxygens (including phenoxy) is 1. The Morgan fingerprint density at radius 1 is 1.35 bits per heavy atom. The van der Waals surface area contributed by atoms with Crippen molar-refractivity contribution in [2.24, 2.45) is 0 Å². The first-order valence-electron chi connectivity index (χ1n) is 7.16. The highest BCUT2D eigenvalue weighted by atomic mass is 16.5. The smallest absolute Gasteiger partial charge is 0.323 e. The number of carboxylic acids is 1. The number of likely N-dealkylation sites (N-methyl/N-ethyl adjacent to an activating group) is 1. The fourth-order valence-electron chi connectivity index (χ4n) is 2.14. The number of benzene rings is 1. The van der Waals surface area contributed by atoms with E-state index in [9.17, 15) is 9.90 Å². The topological polar surface area (TPSA) is 58.6 Å². The van der Waals surface area contributed by atoms with E-state index in [4.69, 9.17) is 4.74 Å². The minimum atomic E-state index is -0.836. The van der Waals surface area contributed by atoms with Crippen LogP contribution in [0.4, 0.5) is 0 Å². The van der Waals surface area contributed by atoms with Gasteiger partial charge in [-0.3, -0.25) is 4.79 Å². The summed E-state index contributed by atoms with van der Waals surface area (Å²) >= 11 is 0. The standard InChI is InChI=1S/C16H25NO3/c1-4-17-16(3,15(18)19)11-7-8-12-20-14-10-6-5-9-13(14)2/h5-6,9-10,17H,4,7-8,11-12H2,1-3H3,(H,18,19). The minimum absolute atomic E-state index is 0.604. The van der Waals surface area contributed by atoms with Crippen LogP contribution >= 0.6 is 0 Å². The van der Waals surface area contributed by atoms with E-state index in [0.29, 0.717) is 19.6 Å². The van der Waals surface area contributed by atoms with Crippen LogP contribution in [0, 0.1) is 6.92 Å². The number of carbonyl (C=O) groups is 1. The Bertz CT molecular complexity index is 433. The maximum atomic E-state index is 11.2. The van der Waals surface area contributed by atoms with Gasteiger partial charge in [0.15, 0.2) is 0 Å². The van der Waals surface area contributed by atoms with Crippen molar-refractivity contribution in [1.82, 2.24) is 5.32 Å². The highest BCUT2D eigenvalue weighted by Gasteiger charge is 2.30. The van der Waals surface area contributed by atoms with Gasteiger partial charge in [0, 0.05) is 0 Å². The second-order valence-corrected chi connectivity index (χ2v) is 5.24. The molecule has 0 aromatic heterocycles. The fraction of sp³-hybridized carbons (Fsp3) is 0.562. The lowest BCUT2D eigenvalue weighted by atomic mass is 9.95. The van der Waals surface area contributed by atoms with Gasteiger partial charge < -0.3 is 15.2 Å². The molecule has 0 aliphatic rings. The molecule has 0 bridgehead atoms. The average molecular weight is 279 g/mol. The molecule has 1 rings (SSSR count). The fourth-order valence-corrected chi connectivity index (χ4v) is 2.14. The Balaban J connectivity index is 2.31. The summed E-state index contributed by atoms with van der Waals surface area (Å²) in [5, 5.41) is 12.3. The number of unbranched alkanes of at least 4 members (excludes halogenated alkanes) is 1. The molecule has 4 heteroatoms. The van der Waals surface area contributed by atoms with Crippen molar-refractivity contribution in [2.45, 2.75) is 45.6 Å². The van der Waals surface area contributed by atoms with Gasteiger partial charge in [-0.2, -0.15) is 0 Å².